The van der Waals surface area contributed by atoms with Gasteiger partial charge < -0.3 is 23.9 Å². The highest BCUT2D eigenvalue weighted by molar-refractivity contribution is 6.01. The summed E-state index contributed by atoms with van der Waals surface area (Å²) in [5, 5.41) is 11.9. The van der Waals surface area contributed by atoms with Gasteiger partial charge in [0, 0.05) is 17.7 Å². The van der Waals surface area contributed by atoms with E-state index < -0.39 is 11.9 Å². The zero-order valence-corrected chi connectivity index (χ0v) is 18.6. The number of nitrogens with zero attached hydrogens (tertiary/aromatic N) is 1. The molecule has 1 aromatic heterocycles. The molecule has 34 heavy (non-hydrogen) atoms. The lowest BCUT2D eigenvalue weighted by atomic mass is 10.1. The number of nitrogens with one attached hydrogen (secondary N) is 1. The van der Waals surface area contributed by atoms with Crippen LogP contribution < -0.4 is 19.5 Å². The van der Waals surface area contributed by atoms with Gasteiger partial charge in [0.05, 0.1) is 27.0 Å². The third-order valence-corrected chi connectivity index (χ3v) is 4.62. The monoisotopic (exact) mass is 458 g/mol. The van der Waals surface area contributed by atoms with E-state index in [2.05, 4.69) is 5.32 Å². The second-order valence-electron chi connectivity index (χ2n) is 6.86. The van der Waals surface area contributed by atoms with E-state index in [-0.39, 0.29) is 12.1 Å². The Balaban J connectivity index is 1.60. The number of hydrogen-bond acceptors (Lipinski definition) is 7. The number of ether oxygens (including phenoxy) is 3. The molecule has 1 heterocycles. The van der Waals surface area contributed by atoms with Crippen molar-refractivity contribution < 1.29 is 28.2 Å². The molecule has 1 N–H and O–H groups in total. The number of amides is 1. The minimum atomic E-state index is -0.573. The van der Waals surface area contributed by atoms with Crippen LogP contribution in [0.4, 0.5) is 0 Å². The van der Waals surface area contributed by atoms with E-state index >= 15 is 0 Å². The van der Waals surface area contributed by atoms with Gasteiger partial charge in [-0.05, 0) is 54.1 Å². The molecule has 2 aromatic carbocycles. The first-order valence-corrected chi connectivity index (χ1v) is 10.2. The maximum absolute atomic E-state index is 12.2. The standard InChI is InChI=1S/C26H22N2O6/c1-31-22-11-7-19(24(15-22)32-2)8-12-25(29)34-21-9-5-18(6-10-21)14-20(16-27)26(30)28-17-23-4-3-13-33-23/h3-15H,17H2,1-2H3,(H,28,30)/b12-8+,20-14+. The molecule has 8 heteroatoms. The highest BCUT2D eigenvalue weighted by Gasteiger charge is 2.10. The molecular formula is C26H22N2O6. The van der Waals surface area contributed by atoms with Crippen LogP contribution in [0.15, 0.2) is 76.9 Å². The first kappa shape index (κ1) is 23.9. The molecule has 0 saturated heterocycles. The van der Waals surface area contributed by atoms with Crippen LogP contribution >= 0.6 is 0 Å². The molecule has 0 aliphatic carbocycles. The third kappa shape index (κ3) is 6.61. The van der Waals surface area contributed by atoms with Crippen molar-refractivity contribution in [2.24, 2.45) is 0 Å². The van der Waals surface area contributed by atoms with Crippen molar-refractivity contribution in [1.29, 1.82) is 5.26 Å². The smallest absolute Gasteiger partial charge is 0.336 e. The van der Waals surface area contributed by atoms with Crippen LogP contribution in [0.1, 0.15) is 16.9 Å². The van der Waals surface area contributed by atoms with Gasteiger partial charge in [-0.15, -0.1) is 0 Å². The van der Waals surface area contributed by atoms with Gasteiger partial charge in [0.2, 0.25) is 0 Å². The zero-order chi connectivity index (χ0) is 24.3. The van der Waals surface area contributed by atoms with Gasteiger partial charge in [-0.3, -0.25) is 4.79 Å². The van der Waals surface area contributed by atoms with E-state index in [9.17, 15) is 14.9 Å². The normalized spacial score (nSPS) is 11.0. The van der Waals surface area contributed by atoms with Crippen LogP contribution in [0.5, 0.6) is 17.2 Å². The second-order valence-corrected chi connectivity index (χ2v) is 6.86. The maximum Gasteiger partial charge on any atom is 0.336 e. The minimum Gasteiger partial charge on any atom is -0.497 e. The third-order valence-electron chi connectivity index (χ3n) is 4.62. The van der Waals surface area contributed by atoms with E-state index in [1.807, 2.05) is 6.07 Å². The zero-order valence-electron chi connectivity index (χ0n) is 18.6. The second kappa shape index (κ2) is 11.7. The van der Waals surface area contributed by atoms with Gasteiger partial charge in [0.25, 0.3) is 5.91 Å². The summed E-state index contributed by atoms with van der Waals surface area (Å²) in [6.07, 6.45) is 5.81. The summed E-state index contributed by atoms with van der Waals surface area (Å²) in [6, 6.07) is 17.0. The summed E-state index contributed by atoms with van der Waals surface area (Å²) in [7, 11) is 3.09. The lowest BCUT2D eigenvalue weighted by Crippen LogP contribution is -2.23. The van der Waals surface area contributed by atoms with E-state index in [0.717, 1.165) is 0 Å². The highest BCUT2D eigenvalue weighted by atomic mass is 16.5. The Hall–Kier alpha value is -4.77. The van der Waals surface area contributed by atoms with Crippen molar-refractivity contribution in [1.82, 2.24) is 5.32 Å². The molecule has 0 atom stereocenters. The van der Waals surface area contributed by atoms with Crippen LogP contribution in [0.2, 0.25) is 0 Å². The molecule has 8 nitrogen and oxygen atoms in total. The lowest BCUT2D eigenvalue weighted by molar-refractivity contribution is -0.128. The van der Waals surface area contributed by atoms with Crippen LogP contribution in [-0.4, -0.2) is 26.1 Å². The van der Waals surface area contributed by atoms with Crippen molar-refractivity contribution in [3.05, 3.63) is 89.4 Å². The van der Waals surface area contributed by atoms with Gasteiger partial charge in [-0.1, -0.05) is 12.1 Å². The first-order valence-electron chi connectivity index (χ1n) is 10.2. The quantitative estimate of drug-likeness (QED) is 0.222. The lowest BCUT2D eigenvalue weighted by Gasteiger charge is -2.07. The molecule has 0 fully saturated rings. The summed E-state index contributed by atoms with van der Waals surface area (Å²) in [6.45, 7) is 0.176. The fourth-order valence-corrected chi connectivity index (χ4v) is 2.89. The van der Waals surface area contributed by atoms with Crippen LogP contribution in [0, 0.1) is 11.3 Å². The van der Waals surface area contributed by atoms with E-state index in [4.69, 9.17) is 18.6 Å². The van der Waals surface area contributed by atoms with Crippen molar-refractivity contribution in [2.75, 3.05) is 14.2 Å². The van der Waals surface area contributed by atoms with Gasteiger partial charge >= 0.3 is 5.97 Å². The van der Waals surface area contributed by atoms with E-state index in [1.165, 1.54) is 25.5 Å². The Kier molecular flexibility index (Phi) is 8.25. The molecule has 0 spiro atoms. The topological polar surface area (TPSA) is 111 Å². The highest BCUT2D eigenvalue weighted by Crippen LogP contribution is 2.25. The molecule has 0 saturated carbocycles. The largest absolute Gasteiger partial charge is 0.497 e. The average Bonchev–Trinajstić information content (AvgIpc) is 3.39. The summed E-state index contributed by atoms with van der Waals surface area (Å²) in [5.41, 5.74) is 1.23. The summed E-state index contributed by atoms with van der Waals surface area (Å²) >= 11 is 0. The number of carbonyl (C=O) groups excluding carboxylic acids is 2. The van der Waals surface area contributed by atoms with Crippen LogP contribution in [0.25, 0.3) is 12.2 Å². The number of hydrogen-bond donors (Lipinski definition) is 1. The predicted molar refractivity (Wildman–Crippen MR) is 125 cm³/mol. The Morgan fingerprint density at radius 2 is 1.82 bits per heavy atom. The van der Waals surface area contributed by atoms with Crippen LogP contribution in [-0.2, 0) is 16.1 Å². The molecule has 1 amide bonds. The van der Waals surface area contributed by atoms with Gasteiger partial charge in [-0.2, -0.15) is 5.26 Å². The van der Waals surface area contributed by atoms with E-state index in [1.54, 1.807) is 67.8 Å². The number of methoxy groups -OCH3 is 2. The maximum atomic E-state index is 12.2. The first-order chi connectivity index (χ1) is 16.5. The SMILES string of the molecule is COc1ccc(/C=C/C(=O)Oc2ccc(/C=C(\C#N)C(=O)NCc3ccco3)cc2)c(OC)c1. The molecule has 0 aliphatic heterocycles. The number of nitriles is 1. The summed E-state index contributed by atoms with van der Waals surface area (Å²) in [4.78, 5) is 24.4. The molecule has 0 aliphatic rings. The van der Waals surface area contributed by atoms with Crippen molar-refractivity contribution in [3.63, 3.8) is 0 Å². The molecule has 172 valence electrons. The Morgan fingerprint density at radius 3 is 2.47 bits per heavy atom. The molecule has 3 aromatic rings. The van der Waals surface area contributed by atoms with Gasteiger partial charge in [0.15, 0.2) is 0 Å². The van der Waals surface area contributed by atoms with Crippen LogP contribution in [0.3, 0.4) is 0 Å². The van der Waals surface area contributed by atoms with Gasteiger partial charge in [0.1, 0.15) is 34.7 Å². The molecule has 3 rings (SSSR count). The Labute approximate surface area is 196 Å². The number of esters is 1. The van der Waals surface area contributed by atoms with E-state index in [0.29, 0.717) is 34.1 Å². The number of furan rings is 1. The summed E-state index contributed by atoms with van der Waals surface area (Å²) in [5.74, 6) is 0.997. The Bertz CT molecular complexity index is 1240. The fourth-order valence-electron chi connectivity index (χ4n) is 2.89. The summed E-state index contributed by atoms with van der Waals surface area (Å²) < 4.78 is 20.9. The number of carbonyl (C=O) groups is 2. The fraction of sp³-hybridized carbons (Fsp3) is 0.115. The average molecular weight is 458 g/mol. The van der Waals surface area contributed by atoms with Crippen molar-refractivity contribution in [2.45, 2.75) is 6.54 Å². The van der Waals surface area contributed by atoms with Gasteiger partial charge in [-0.25, -0.2) is 4.79 Å². The molecule has 0 unspecified atom stereocenters. The molecule has 0 bridgehead atoms. The Morgan fingerprint density at radius 1 is 1.06 bits per heavy atom. The predicted octanol–water partition coefficient (Wildman–Crippen LogP) is 4.14. The molecular weight excluding hydrogens is 436 g/mol. The number of benzene rings is 2. The minimum absolute atomic E-state index is 0.0623. The molecule has 0 radical (unpaired) electrons. The van der Waals surface area contributed by atoms with Crippen molar-refractivity contribution >= 4 is 24.0 Å². The van der Waals surface area contributed by atoms with Crippen molar-refractivity contribution in [3.8, 4) is 23.3 Å². The number of rotatable bonds is 9.